The summed E-state index contributed by atoms with van der Waals surface area (Å²) in [6.45, 7) is 2.14. The first kappa shape index (κ1) is 22.1. The van der Waals surface area contributed by atoms with Gasteiger partial charge in [0.2, 0.25) is 0 Å². The molecule has 1 unspecified atom stereocenters. The first-order chi connectivity index (χ1) is 17.7. The van der Waals surface area contributed by atoms with Gasteiger partial charge in [-0.25, -0.2) is 0 Å². The number of nitrogens with zero attached hydrogens (tertiary/aromatic N) is 2. The number of benzene rings is 4. The maximum absolute atomic E-state index is 5.10. The molecule has 1 aliphatic heterocycles. The van der Waals surface area contributed by atoms with Crippen LogP contribution in [0.15, 0.2) is 114 Å². The first-order valence-electron chi connectivity index (χ1n) is 12.0. The smallest absolute Gasteiger partial charge is 0.144 e. The van der Waals surface area contributed by atoms with Gasteiger partial charge in [0.25, 0.3) is 0 Å². The molecule has 1 aliphatic rings. The van der Waals surface area contributed by atoms with E-state index in [0.717, 1.165) is 26.7 Å². The summed E-state index contributed by atoms with van der Waals surface area (Å²) in [5.74, 6) is 6.56. The molecule has 0 fully saturated rings. The largest absolute Gasteiger partial charge is 0.321 e. The molecule has 0 saturated carbocycles. The number of anilines is 1. The van der Waals surface area contributed by atoms with Crippen molar-refractivity contribution >= 4 is 40.1 Å². The minimum atomic E-state index is -0.145. The van der Waals surface area contributed by atoms with Crippen LogP contribution >= 0.6 is 11.3 Å². The van der Waals surface area contributed by atoms with Crippen LogP contribution in [-0.4, -0.2) is 6.17 Å². The van der Waals surface area contributed by atoms with Gasteiger partial charge in [0, 0.05) is 22.7 Å². The molecule has 5 aromatic rings. The van der Waals surface area contributed by atoms with Gasteiger partial charge in [-0.2, -0.15) is 0 Å². The van der Waals surface area contributed by atoms with E-state index >= 15 is 0 Å². The van der Waals surface area contributed by atoms with E-state index in [1.807, 2.05) is 18.2 Å². The summed E-state index contributed by atoms with van der Waals surface area (Å²) in [6, 6.07) is 33.8. The summed E-state index contributed by atoms with van der Waals surface area (Å²) < 4.78 is 0. The first-order valence-corrected chi connectivity index (χ1v) is 12.9. The number of aryl methyl sites for hydroxylation is 1. The summed E-state index contributed by atoms with van der Waals surface area (Å²) in [5.41, 5.74) is 4.48. The third-order valence-corrected chi connectivity index (χ3v) is 7.12. The lowest BCUT2D eigenvalue weighted by Crippen LogP contribution is -2.41. The van der Waals surface area contributed by atoms with Crippen molar-refractivity contribution in [3.05, 3.63) is 141 Å². The van der Waals surface area contributed by atoms with Crippen molar-refractivity contribution in [3.63, 3.8) is 0 Å². The lowest BCUT2D eigenvalue weighted by atomic mass is 10.1. The Morgan fingerprint density at radius 1 is 0.833 bits per heavy atom. The molecule has 36 heavy (non-hydrogen) atoms. The summed E-state index contributed by atoms with van der Waals surface area (Å²) in [4.78, 5) is 8.43. The van der Waals surface area contributed by atoms with Crippen LogP contribution in [0.1, 0.15) is 21.6 Å². The fourth-order valence-corrected chi connectivity index (χ4v) is 5.08. The zero-order valence-corrected chi connectivity index (χ0v) is 20.7. The molecule has 0 radical (unpaired) electrons. The van der Waals surface area contributed by atoms with Gasteiger partial charge >= 0.3 is 0 Å². The summed E-state index contributed by atoms with van der Waals surface area (Å²) >= 11 is 1.66. The average molecular weight is 481 g/mol. The summed E-state index contributed by atoms with van der Waals surface area (Å²) in [6.07, 6.45) is 6.41. The van der Waals surface area contributed by atoms with E-state index in [0.29, 0.717) is 0 Å². The van der Waals surface area contributed by atoms with Gasteiger partial charge < -0.3 is 4.90 Å². The predicted octanol–water partition coefficient (Wildman–Crippen LogP) is 6.53. The molecule has 0 spiro atoms. The van der Waals surface area contributed by atoms with Crippen LogP contribution in [0.4, 0.5) is 5.69 Å². The van der Waals surface area contributed by atoms with Gasteiger partial charge in [0.15, 0.2) is 0 Å². The normalized spacial score (nSPS) is 14.6. The number of rotatable bonds is 3. The molecule has 0 N–H and O–H groups in total. The topological polar surface area (TPSA) is 15.6 Å². The van der Waals surface area contributed by atoms with E-state index in [1.54, 1.807) is 11.3 Å². The minimum Gasteiger partial charge on any atom is -0.321 e. The number of para-hydroxylation sites is 1. The molecule has 2 heterocycles. The summed E-state index contributed by atoms with van der Waals surface area (Å²) in [5, 5.41) is 6.67. The molecule has 1 aromatic heterocycles. The molecule has 0 amide bonds. The van der Waals surface area contributed by atoms with E-state index in [4.69, 9.17) is 4.99 Å². The number of hydrogen-bond donors (Lipinski definition) is 0. The molecule has 4 aromatic carbocycles. The van der Waals surface area contributed by atoms with Crippen LogP contribution in [0.5, 0.6) is 0 Å². The monoisotopic (exact) mass is 480 g/mol. The molecule has 3 heteroatoms. The van der Waals surface area contributed by atoms with Crippen molar-refractivity contribution in [2.75, 3.05) is 4.90 Å². The van der Waals surface area contributed by atoms with Crippen LogP contribution in [0, 0.1) is 18.8 Å². The Bertz CT molecular complexity index is 1770. The standard InChI is InChI=1S/C33H24N2S/c1-24-21-25(13-17-30-10-6-20-36-30)14-18-32(24)35-23-29-9-4-5-11-31(29)34-33(35)19-15-26-12-16-27-7-2-3-8-28(27)22-26/h2-12,14-16,18-23,33H,1H3. The molecule has 0 bridgehead atoms. The van der Waals surface area contributed by atoms with Crippen molar-refractivity contribution in [1.29, 1.82) is 0 Å². The molecule has 2 nitrogen and oxygen atoms in total. The Kier molecular flexibility index (Phi) is 5.95. The maximum Gasteiger partial charge on any atom is 0.144 e. The highest BCUT2D eigenvalue weighted by Gasteiger charge is 2.18. The molecular formula is C33H24N2S. The van der Waals surface area contributed by atoms with Gasteiger partial charge in [-0.15, -0.1) is 11.3 Å². The fourth-order valence-electron chi connectivity index (χ4n) is 4.51. The highest BCUT2D eigenvalue weighted by molar-refractivity contribution is 7.10. The Morgan fingerprint density at radius 3 is 2.56 bits per heavy atom. The van der Waals surface area contributed by atoms with Gasteiger partial charge in [0.1, 0.15) is 6.17 Å². The van der Waals surface area contributed by atoms with Crippen molar-refractivity contribution in [2.24, 2.45) is 4.99 Å². The zero-order chi connectivity index (χ0) is 24.3. The quantitative estimate of drug-likeness (QED) is 0.268. The molecule has 0 saturated heterocycles. The predicted molar refractivity (Wildman–Crippen MR) is 152 cm³/mol. The Labute approximate surface area is 215 Å². The highest BCUT2D eigenvalue weighted by atomic mass is 32.1. The van der Waals surface area contributed by atoms with Gasteiger partial charge in [-0.3, -0.25) is 4.99 Å². The van der Waals surface area contributed by atoms with Gasteiger partial charge in [0.05, 0.1) is 10.2 Å². The van der Waals surface area contributed by atoms with E-state index in [1.165, 1.54) is 21.9 Å². The van der Waals surface area contributed by atoms with Crippen LogP contribution in [0.2, 0.25) is 0 Å². The molecule has 172 valence electrons. The van der Waals surface area contributed by atoms with E-state index in [2.05, 4.69) is 126 Å². The Balaban J connectivity index is 1.36. The van der Waals surface area contributed by atoms with E-state index in [-0.39, 0.29) is 6.17 Å². The molecule has 0 aliphatic carbocycles. The van der Waals surface area contributed by atoms with Crippen LogP contribution in [0.25, 0.3) is 23.0 Å². The van der Waals surface area contributed by atoms with Crippen LogP contribution in [-0.2, 0) is 0 Å². The van der Waals surface area contributed by atoms with Crippen molar-refractivity contribution in [2.45, 2.75) is 13.1 Å². The zero-order valence-electron chi connectivity index (χ0n) is 19.9. The second-order valence-corrected chi connectivity index (χ2v) is 9.78. The maximum atomic E-state index is 5.10. The highest BCUT2D eigenvalue weighted by Crippen LogP contribution is 2.26. The number of hydrogen-bond acceptors (Lipinski definition) is 3. The third kappa shape index (κ3) is 4.60. The second-order valence-electron chi connectivity index (χ2n) is 8.83. The molecule has 1 atom stereocenters. The van der Waals surface area contributed by atoms with Crippen LogP contribution in [0.3, 0.4) is 0 Å². The van der Waals surface area contributed by atoms with E-state index in [9.17, 15) is 0 Å². The number of fused-ring (bicyclic) bond motifs is 2. The molecular weight excluding hydrogens is 456 g/mol. The van der Waals surface area contributed by atoms with Gasteiger partial charge in [-0.05, 0) is 76.7 Å². The van der Waals surface area contributed by atoms with Crippen LogP contribution < -0.4 is 15.5 Å². The average Bonchev–Trinajstić information content (AvgIpc) is 3.44. The van der Waals surface area contributed by atoms with Crippen molar-refractivity contribution < 1.29 is 0 Å². The lowest BCUT2D eigenvalue weighted by Gasteiger charge is -2.29. The summed E-state index contributed by atoms with van der Waals surface area (Å²) in [7, 11) is 0. The van der Waals surface area contributed by atoms with Crippen molar-refractivity contribution in [1.82, 2.24) is 0 Å². The van der Waals surface area contributed by atoms with Gasteiger partial charge in [-0.1, -0.05) is 78.6 Å². The second kappa shape index (κ2) is 9.70. The molecule has 6 rings (SSSR count). The van der Waals surface area contributed by atoms with Crippen molar-refractivity contribution in [3.8, 4) is 11.8 Å². The minimum absolute atomic E-state index is 0.145. The Hall–Kier alpha value is -4.39. The lowest BCUT2D eigenvalue weighted by molar-refractivity contribution is 0.796. The SMILES string of the molecule is Cc1cc(C#Cc2cccs2)ccc1N1C=c2ccccc2=NC1C=Cc1ccc2ccccc2c1. The third-order valence-electron chi connectivity index (χ3n) is 6.33. The fraction of sp³-hybridized carbons (Fsp3) is 0.0606. The Morgan fingerprint density at radius 2 is 1.69 bits per heavy atom. The number of thiophene rings is 1. The van der Waals surface area contributed by atoms with E-state index < -0.39 is 0 Å².